The average Bonchev–Trinajstić information content (AvgIpc) is 3.14. The number of thiophene rings is 1. The molecule has 0 amide bonds. The van der Waals surface area contributed by atoms with Crippen molar-refractivity contribution in [1.82, 2.24) is 9.88 Å². The molecule has 7 heteroatoms. The highest BCUT2D eigenvalue weighted by molar-refractivity contribution is 7.21. The van der Waals surface area contributed by atoms with E-state index in [0.717, 1.165) is 34.3 Å². The summed E-state index contributed by atoms with van der Waals surface area (Å²) in [6.07, 6.45) is 18.6. The van der Waals surface area contributed by atoms with E-state index >= 15 is 0 Å². The van der Waals surface area contributed by atoms with Crippen LogP contribution in [0.1, 0.15) is 36.9 Å². The van der Waals surface area contributed by atoms with Gasteiger partial charge in [-0.25, -0.2) is 14.4 Å². The number of aliphatic imine (C=N–C) groups is 1. The van der Waals surface area contributed by atoms with Crippen LogP contribution in [0.15, 0.2) is 41.2 Å². The van der Waals surface area contributed by atoms with E-state index < -0.39 is 0 Å². The Bertz CT molecular complexity index is 891. The number of hydrogen-bond acceptors (Lipinski definition) is 5. The minimum absolute atomic E-state index is 0.326. The molecule has 2 rings (SSSR count). The fourth-order valence-corrected chi connectivity index (χ4v) is 3.18. The molecule has 2 heterocycles. The summed E-state index contributed by atoms with van der Waals surface area (Å²) in [5.41, 5.74) is 2.77. The van der Waals surface area contributed by atoms with Gasteiger partial charge in [0.15, 0.2) is 6.29 Å². The van der Waals surface area contributed by atoms with E-state index in [2.05, 4.69) is 22.8 Å². The van der Waals surface area contributed by atoms with Crippen LogP contribution in [0.3, 0.4) is 0 Å². The smallest absolute Gasteiger partial charge is 0.162 e. The van der Waals surface area contributed by atoms with Crippen molar-refractivity contribution in [2.24, 2.45) is 4.99 Å². The first kappa shape index (κ1) is 27.0. The molecule has 0 spiro atoms. The number of allylic oxidation sites excluding steroid dienone is 4. The average molecular weight is 431 g/mol. The van der Waals surface area contributed by atoms with Crippen LogP contribution in [0.2, 0.25) is 0 Å². The Labute approximate surface area is 183 Å². The summed E-state index contributed by atoms with van der Waals surface area (Å²) in [6, 6.07) is 1.93. The number of rotatable bonds is 7. The molecule has 0 fully saturated rings. The van der Waals surface area contributed by atoms with Gasteiger partial charge in [-0.2, -0.15) is 0 Å². The zero-order chi connectivity index (χ0) is 23.1. The van der Waals surface area contributed by atoms with E-state index in [1.165, 1.54) is 17.4 Å². The second-order valence-corrected chi connectivity index (χ2v) is 7.19. The predicted molar refractivity (Wildman–Crippen MR) is 130 cm³/mol. The summed E-state index contributed by atoms with van der Waals surface area (Å²) >= 11 is 1.37. The van der Waals surface area contributed by atoms with Gasteiger partial charge in [0.25, 0.3) is 0 Å². The quantitative estimate of drug-likeness (QED) is 0.181. The van der Waals surface area contributed by atoms with Gasteiger partial charge in [0.1, 0.15) is 11.5 Å². The highest BCUT2D eigenvalue weighted by atomic mass is 32.1. The van der Waals surface area contributed by atoms with Crippen molar-refractivity contribution >= 4 is 45.6 Å². The van der Waals surface area contributed by atoms with Crippen molar-refractivity contribution in [3.63, 3.8) is 0 Å². The Balaban J connectivity index is 0.000000905. The number of carbonyl (C=O) groups excluding carboxylic acids is 1. The Morgan fingerprint density at radius 1 is 1.30 bits per heavy atom. The molecular weight excluding hydrogens is 399 g/mol. The van der Waals surface area contributed by atoms with Gasteiger partial charge in [0.2, 0.25) is 0 Å². The largest absolute Gasteiger partial charge is 0.377 e. The van der Waals surface area contributed by atoms with E-state index in [1.807, 2.05) is 63.9 Å². The molecule has 0 saturated carbocycles. The number of hydrogen-bond donors (Lipinski definition) is 0. The number of fused-ring (bicyclic) bond motifs is 1. The van der Waals surface area contributed by atoms with Crippen LogP contribution in [0.25, 0.3) is 10.2 Å². The molecule has 5 nitrogen and oxygen atoms in total. The Kier molecular flexibility index (Phi) is 13.5. The molecule has 0 radical (unpaired) electrons. The maximum absolute atomic E-state index is 11.4. The summed E-state index contributed by atoms with van der Waals surface area (Å²) in [4.78, 5) is 25.6. The number of alkyl halides is 1. The molecule has 0 aliphatic heterocycles. The summed E-state index contributed by atoms with van der Waals surface area (Å²) < 4.78 is 11.1. The minimum atomic E-state index is -0.326. The van der Waals surface area contributed by atoms with Gasteiger partial charge >= 0.3 is 0 Å². The maximum Gasteiger partial charge on any atom is 0.162 e. The monoisotopic (exact) mass is 430 g/mol. The molecule has 0 aliphatic rings. The number of pyridine rings is 1. The van der Waals surface area contributed by atoms with Gasteiger partial charge in [-0.3, -0.25) is 4.79 Å². The number of carbonyl (C=O) groups is 1. The Hall–Kier alpha value is -2.98. The molecule has 0 saturated heterocycles. The summed E-state index contributed by atoms with van der Waals surface area (Å²) in [6.45, 7) is 5.63. The standard InChI is InChI=1S/C16H20N4OS.C5H9F.C2H2/c1-6-11(2)20(5)10-18-15-13(9-21)22-16-14(15)12(19(3)4)7-8-17-16;1-2-3-4-5-6;1-2/h6-10H,1-5H3;3-4H,2,5H2,1H3;1-2H/b11-6+,18-10?;4-3-;. The SMILES string of the molecule is C#C.C/C=C(\C)N(C)C=Nc1c(C=O)sc2nccc(N(C)C)c12.CC/C=C\CF. The molecule has 0 aliphatic carbocycles. The molecule has 0 bridgehead atoms. The second kappa shape index (κ2) is 14.9. The van der Waals surface area contributed by atoms with Crippen LogP contribution in [-0.2, 0) is 0 Å². The first-order valence-corrected chi connectivity index (χ1v) is 10.2. The lowest BCUT2D eigenvalue weighted by molar-refractivity contribution is 0.112. The third-order valence-electron chi connectivity index (χ3n) is 3.99. The van der Waals surface area contributed by atoms with E-state index in [-0.39, 0.29) is 6.67 Å². The van der Waals surface area contributed by atoms with Crippen LogP contribution < -0.4 is 4.90 Å². The fourth-order valence-electron chi connectivity index (χ4n) is 2.26. The van der Waals surface area contributed by atoms with Crippen LogP contribution in [0, 0.1) is 12.8 Å². The highest BCUT2D eigenvalue weighted by Gasteiger charge is 2.16. The van der Waals surface area contributed by atoms with Gasteiger partial charge in [0, 0.05) is 33.0 Å². The normalized spacial score (nSPS) is 11.0. The van der Waals surface area contributed by atoms with Crippen LogP contribution >= 0.6 is 11.3 Å². The summed E-state index contributed by atoms with van der Waals surface area (Å²) in [5, 5.41) is 0.919. The number of nitrogens with zero attached hydrogens (tertiary/aromatic N) is 4. The first-order chi connectivity index (χ1) is 14.4. The van der Waals surface area contributed by atoms with Crippen molar-refractivity contribution < 1.29 is 9.18 Å². The molecule has 30 heavy (non-hydrogen) atoms. The summed E-state index contributed by atoms with van der Waals surface area (Å²) in [5.74, 6) is 0. The molecular formula is C23H31FN4OS. The van der Waals surface area contributed by atoms with Gasteiger partial charge < -0.3 is 9.80 Å². The van der Waals surface area contributed by atoms with Crippen LogP contribution in [-0.4, -0.2) is 50.3 Å². The molecule has 2 aromatic rings. The van der Waals surface area contributed by atoms with Gasteiger partial charge in [0.05, 0.1) is 28.0 Å². The number of aldehydes is 1. The lowest BCUT2D eigenvalue weighted by atomic mass is 10.2. The van der Waals surface area contributed by atoms with Crippen molar-refractivity contribution in [2.45, 2.75) is 27.2 Å². The van der Waals surface area contributed by atoms with Gasteiger partial charge in [-0.1, -0.05) is 25.2 Å². The molecule has 162 valence electrons. The van der Waals surface area contributed by atoms with Crippen molar-refractivity contribution in [3.05, 3.63) is 41.1 Å². The van der Waals surface area contributed by atoms with Crippen LogP contribution in [0.4, 0.5) is 15.8 Å². The maximum atomic E-state index is 11.4. The third-order valence-corrected chi connectivity index (χ3v) is 5.00. The first-order valence-electron chi connectivity index (χ1n) is 9.39. The molecule has 0 atom stereocenters. The highest BCUT2D eigenvalue weighted by Crippen LogP contribution is 2.40. The van der Waals surface area contributed by atoms with E-state index in [4.69, 9.17) is 0 Å². The zero-order valence-electron chi connectivity index (χ0n) is 18.6. The number of aromatic nitrogens is 1. The molecule has 0 aromatic carbocycles. The lowest BCUT2D eigenvalue weighted by Crippen LogP contribution is -2.12. The van der Waals surface area contributed by atoms with E-state index in [9.17, 15) is 9.18 Å². The predicted octanol–water partition coefficient (Wildman–Crippen LogP) is 5.86. The van der Waals surface area contributed by atoms with Gasteiger partial charge in [-0.05, 0) is 26.3 Å². The summed E-state index contributed by atoms with van der Waals surface area (Å²) in [7, 11) is 5.87. The number of halogens is 1. The number of anilines is 1. The topological polar surface area (TPSA) is 48.8 Å². The molecule has 2 aromatic heterocycles. The Morgan fingerprint density at radius 2 is 1.97 bits per heavy atom. The minimum Gasteiger partial charge on any atom is -0.377 e. The van der Waals surface area contributed by atoms with Crippen molar-refractivity contribution in [1.29, 1.82) is 0 Å². The third kappa shape index (κ3) is 7.80. The molecule has 0 unspecified atom stereocenters. The lowest BCUT2D eigenvalue weighted by Gasteiger charge is -2.15. The van der Waals surface area contributed by atoms with Crippen molar-refractivity contribution in [2.75, 3.05) is 32.7 Å². The second-order valence-electron chi connectivity index (χ2n) is 6.16. The Morgan fingerprint density at radius 3 is 2.43 bits per heavy atom. The van der Waals surface area contributed by atoms with Crippen LogP contribution in [0.5, 0.6) is 0 Å². The fraction of sp³-hybridized carbons (Fsp3) is 0.348. The van der Waals surface area contributed by atoms with Gasteiger partial charge in [-0.15, -0.1) is 24.2 Å². The number of terminal acetylenes is 1. The molecule has 0 N–H and O–H groups in total. The van der Waals surface area contributed by atoms with Crippen molar-refractivity contribution in [3.8, 4) is 12.8 Å². The van der Waals surface area contributed by atoms with E-state index in [0.29, 0.717) is 10.6 Å². The zero-order valence-corrected chi connectivity index (χ0v) is 19.4. The van der Waals surface area contributed by atoms with E-state index in [1.54, 1.807) is 18.6 Å².